The summed E-state index contributed by atoms with van der Waals surface area (Å²) in [6.07, 6.45) is 0.592. The maximum atomic E-state index is 14.1. The summed E-state index contributed by atoms with van der Waals surface area (Å²) in [5.41, 5.74) is 2.73. The van der Waals surface area contributed by atoms with Gasteiger partial charge in [-0.3, -0.25) is 9.59 Å². The molecule has 9 nitrogen and oxygen atoms in total. The number of aromatic nitrogens is 1. The van der Waals surface area contributed by atoms with Crippen molar-refractivity contribution in [2.24, 2.45) is 0 Å². The van der Waals surface area contributed by atoms with Crippen LogP contribution in [0.2, 0.25) is 0 Å². The maximum Gasteiger partial charge on any atom is 0.332 e. The molecule has 1 saturated heterocycles. The van der Waals surface area contributed by atoms with E-state index in [0.29, 0.717) is 18.7 Å². The molecule has 4 amide bonds. The Kier molecular flexibility index (Phi) is 5.79. The highest BCUT2D eigenvalue weighted by molar-refractivity contribution is 6.25. The van der Waals surface area contributed by atoms with E-state index in [1.807, 2.05) is 42.5 Å². The van der Waals surface area contributed by atoms with Crippen molar-refractivity contribution in [2.45, 2.75) is 25.4 Å². The number of benzene rings is 3. The second-order valence-corrected chi connectivity index (χ2v) is 9.83. The van der Waals surface area contributed by atoms with Gasteiger partial charge < -0.3 is 24.7 Å². The minimum absolute atomic E-state index is 0.248. The highest BCUT2D eigenvalue weighted by Gasteiger charge is 2.59. The predicted molar refractivity (Wildman–Crippen MR) is 146 cm³/mol. The second-order valence-electron chi connectivity index (χ2n) is 9.83. The van der Waals surface area contributed by atoms with Crippen LogP contribution in [0, 0.1) is 0 Å². The van der Waals surface area contributed by atoms with Crippen LogP contribution >= 0.6 is 0 Å². The summed E-state index contributed by atoms with van der Waals surface area (Å²) in [7, 11) is 3.21. The second kappa shape index (κ2) is 9.20. The zero-order valence-corrected chi connectivity index (χ0v) is 21.9. The van der Waals surface area contributed by atoms with Crippen LogP contribution in [0.1, 0.15) is 34.1 Å². The Bertz CT molecular complexity index is 1630. The van der Waals surface area contributed by atoms with Gasteiger partial charge in [0.1, 0.15) is 11.5 Å². The molecule has 0 aliphatic carbocycles. The van der Waals surface area contributed by atoms with E-state index in [4.69, 9.17) is 9.47 Å². The number of hydrogen-bond acceptors (Lipinski definition) is 5. The predicted octanol–water partition coefficient (Wildman–Crippen LogP) is 4.36. The number of para-hydroxylation sites is 1. The lowest BCUT2D eigenvalue weighted by molar-refractivity contribution is -0.125. The zero-order valence-electron chi connectivity index (χ0n) is 21.9. The molecule has 0 saturated carbocycles. The van der Waals surface area contributed by atoms with Crippen LogP contribution in [0.15, 0.2) is 66.7 Å². The highest BCUT2D eigenvalue weighted by atomic mass is 16.5. The molecule has 6 rings (SSSR count). The minimum Gasteiger partial charge on any atom is -0.497 e. The number of anilines is 1. The maximum absolute atomic E-state index is 14.1. The first kappa shape index (κ1) is 24.5. The molecule has 0 bridgehead atoms. The van der Waals surface area contributed by atoms with E-state index in [9.17, 15) is 14.4 Å². The standard InChI is InChI=1S/C30H28N4O5/c1-30-26-21(23-16-20(39-3)12-13-24(23)32-26)14-15-33(30)29(37)34(28(30)36)25-7-5-4-6-22(25)27(35)31-17-18-8-10-19(38-2)11-9-18/h4-13,16,32H,14-15,17H2,1-3H3,(H,31,35)/t30-/m0/s1. The first-order chi connectivity index (χ1) is 18.9. The fraction of sp³-hybridized carbons (Fsp3) is 0.233. The molecule has 2 N–H and O–H groups in total. The van der Waals surface area contributed by atoms with Gasteiger partial charge in [0.15, 0.2) is 5.54 Å². The molecule has 1 aromatic heterocycles. The molecule has 4 aromatic rings. The third-order valence-electron chi connectivity index (χ3n) is 7.77. The number of fused-ring (bicyclic) bond motifs is 5. The molecule has 2 aliphatic heterocycles. The van der Waals surface area contributed by atoms with Gasteiger partial charge in [0.2, 0.25) is 0 Å². The summed E-state index contributed by atoms with van der Waals surface area (Å²) in [6, 6.07) is 19.4. The zero-order chi connectivity index (χ0) is 27.3. The average molecular weight is 525 g/mol. The highest BCUT2D eigenvalue weighted by Crippen LogP contribution is 2.46. The van der Waals surface area contributed by atoms with Crippen LogP contribution in [0.25, 0.3) is 10.9 Å². The molecule has 0 unspecified atom stereocenters. The van der Waals surface area contributed by atoms with Crippen LogP contribution < -0.4 is 19.7 Å². The van der Waals surface area contributed by atoms with E-state index in [2.05, 4.69) is 10.3 Å². The number of H-pyrrole nitrogens is 1. The van der Waals surface area contributed by atoms with E-state index >= 15 is 0 Å². The number of hydrogen-bond donors (Lipinski definition) is 2. The van der Waals surface area contributed by atoms with Crippen molar-refractivity contribution in [2.75, 3.05) is 25.7 Å². The summed E-state index contributed by atoms with van der Waals surface area (Å²) in [6.45, 7) is 2.43. The van der Waals surface area contributed by atoms with Gasteiger partial charge in [-0.05, 0) is 66.9 Å². The molecule has 198 valence electrons. The number of imide groups is 1. The molecule has 2 aliphatic rings. The molecule has 1 fully saturated rings. The van der Waals surface area contributed by atoms with E-state index in [0.717, 1.165) is 38.4 Å². The van der Waals surface area contributed by atoms with Crippen molar-refractivity contribution >= 4 is 34.4 Å². The van der Waals surface area contributed by atoms with Crippen molar-refractivity contribution in [3.8, 4) is 11.5 Å². The Labute approximate surface area is 225 Å². The van der Waals surface area contributed by atoms with E-state index in [1.54, 1.807) is 50.3 Å². The summed E-state index contributed by atoms with van der Waals surface area (Å²) >= 11 is 0. The van der Waals surface area contributed by atoms with E-state index < -0.39 is 17.5 Å². The number of amides is 4. The van der Waals surface area contributed by atoms with Crippen molar-refractivity contribution < 1.29 is 23.9 Å². The molecule has 9 heteroatoms. The van der Waals surface area contributed by atoms with Gasteiger partial charge in [0, 0.05) is 24.0 Å². The number of ether oxygens (including phenoxy) is 2. The number of nitrogens with zero attached hydrogens (tertiary/aromatic N) is 2. The van der Waals surface area contributed by atoms with Crippen molar-refractivity contribution in [3.63, 3.8) is 0 Å². The largest absolute Gasteiger partial charge is 0.497 e. The van der Waals surface area contributed by atoms with Gasteiger partial charge in [-0.2, -0.15) is 0 Å². The average Bonchev–Trinajstić information content (AvgIpc) is 3.44. The SMILES string of the molecule is COc1ccc(CNC(=O)c2ccccc2N2C(=O)N3CCc4c([nH]c5ccc(OC)cc45)[C@@]3(C)C2=O)cc1. The number of rotatable bonds is 6. The van der Waals surface area contributed by atoms with Gasteiger partial charge >= 0.3 is 6.03 Å². The summed E-state index contributed by atoms with van der Waals surface area (Å²) in [5.74, 6) is 0.670. The molecule has 0 radical (unpaired) electrons. The third-order valence-corrected chi connectivity index (χ3v) is 7.77. The van der Waals surface area contributed by atoms with Gasteiger partial charge in [0.25, 0.3) is 11.8 Å². The first-order valence-corrected chi connectivity index (χ1v) is 12.7. The Balaban J connectivity index is 1.33. The van der Waals surface area contributed by atoms with Crippen LogP contribution in [-0.4, -0.2) is 48.5 Å². The van der Waals surface area contributed by atoms with Gasteiger partial charge in [-0.1, -0.05) is 24.3 Å². The number of urea groups is 1. The normalized spacial score (nSPS) is 18.2. The molecular formula is C30H28N4O5. The minimum atomic E-state index is -1.23. The van der Waals surface area contributed by atoms with Gasteiger partial charge in [0.05, 0.1) is 31.2 Å². The third kappa shape index (κ3) is 3.72. The van der Waals surface area contributed by atoms with Crippen molar-refractivity contribution in [1.82, 2.24) is 15.2 Å². The van der Waals surface area contributed by atoms with Crippen LogP contribution in [0.5, 0.6) is 11.5 Å². The van der Waals surface area contributed by atoms with Crippen LogP contribution in [0.4, 0.5) is 10.5 Å². The first-order valence-electron chi connectivity index (χ1n) is 12.7. The molecule has 1 atom stereocenters. The topological polar surface area (TPSA) is 104 Å². The Morgan fingerprint density at radius 3 is 2.46 bits per heavy atom. The van der Waals surface area contributed by atoms with E-state index in [1.165, 1.54) is 0 Å². The number of nitrogens with one attached hydrogen (secondary N) is 2. The fourth-order valence-corrected chi connectivity index (χ4v) is 5.64. The van der Waals surface area contributed by atoms with E-state index in [-0.39, 0.29) is 23.7 Å². The molecule has 39 heavy (non-hydrogen) atoms. The summed E-state index contributed by atoms with van der Waals surface area (Å²) in [5, 5.41) is 3.88. The van der Waals surface area contributed by atoms with Crippen molar-refractivity contribution in [1.29, 1.82) is 0 Å². The van der Waals surface area contributed by atoms with Crippen LogP contribution in [0.3, 0.4) is 0 Å². The van der Waals surface area contributed by atoms with Crippen molar-refractivity contribution in [3.05, 3.63) is 89.1 Å². The lowest BCUT2D eigenvalue weighted by atomic mass is 9.87. The van der Waals surface area contributed by atoms with Gasteiger partial charge in [-0.15, -0.1) is 0 Å². The summed E-state index contributed by atoms with van der Waals surface area (Å²) in [4.78, 5) is 47.3. The number of carbonyl (C=O) groups excluding carboxylic acids is 3. The molecule has 0 spiro atoms. The Morgan fingerprint density at radius 1 is 1.00 bits per heavy atom. The molecular weight excluding hydrogens is 496 g/mol. The summed E-state index contributed by atoms with van der Waals surface area (Å²) < 4.78 is 10.6. The lowest BCUT2D eigenvalue weighted by Gasteiger charge is -2.35. The Morgan fingerprint density at radius 2 is 1.72 bits per heavy atom. The quantitative estimate of drug-likeness (QED) is 0.365. The molecule has 3 aromatic carbocycles. The fourth-order valence-electron chi connectivity index (χ4n) is 5.64. The van der Waals surface area contributed by atoms with Crippen LogP contribution in [-0.2, 0) is 23.3 Å². The number of aromatic amines is 1. The number of carbonyl (C=O) groups is 3. The monoisotopic (exact) mass is 524 g/mol. The molecule has 3 heterocycles. The Hall–Kier alpha value is -4.79. The lowest BCUT2D eigenvalue weighted by Crippen LogP contribution is -2.49. The number of methoxy groups -OCH3 is 2. The smallest absolute Gasteiger partial charge is 0.332 e. The van der Waals surface area contributed by atoms with Gasteiger partial charge in [-0.25, -0.2) is 9.69 Å².